The molecule has 1 amide bonds. The van der Waals surface area contributed by atoms with E-state index in [0.717, 1.165) is 5.56 Å². The second kappa shape index (κ2) is 7.10. The van der Waals surface area contributed by atoms with Crippen molar-refractivity contribution in [2.24, 2.45) is 0 Å². The first-order chi connectivity index (χ1) is 11.6. The zero-order valence-electron chi connectivity index (χ0n) is 12.9. The summed E-state index contributed by atoms with van der Waals surface area (Å²) < 4.78 is 5.68. The highest BCUT2D eigenvalue weighted by atomic mass is 35.5. The first-order valence-corrected chi connectivity index (χ1v) is 7.61. The Morgan fingerprint density at radius 2 is 1.92 bits per heavy atom. The summed E-state index contributed by atoms with van der Waals surface area (Å²) in [5.41, 5.74) is 1.75. The molecule has 0 atom stereocenters. The number of benzene rings is 1. The molecule has 24 heavy (non-hydrogen) atoms. The van der Waals surface area contributed by atoms with Crippen molar-refractivity contribution in [3.8, 4) is 11.5 Å². The van der Waals surface area contributed by atoms with Crippen LogP contribution in [-0.4, -0.2) is 15.9 Å². The predicted octanol–water partition coefficient (Wildman–Crippen LogP) is 4.48. The van der Waals surface area contributed by atoms with Gasteiger partial charge in [0.1, 0.15) is 17.2 Å². The predicted molar refractivity (Wildman–Crippen MR) is 92.7 cm³/mol. The van der Waals surface area contributed by atoms with Crippen molar-refractivity contribution in [3.05, 3.63) is 77.3 Å². The maximum absolute atomic E-state index is 12.3. The smallest absolute Gasteiger partial charge is 0.274 e. The van der Waals surface area contributed by atoms with Gasteiger partial charge in [-0.2, -0.15) is 0 Å². The molecule has 3 rings (SSSR count). The van der Waals surface area contributed by atoms with E-state index < -0.39 is 0 Å². The SMILES string of the molecule is Cc1cccnc1C(=O)Nc1ccc(Oc2ccncc2)c(Cl)c1. The molecule has 0 radical (unpaired) electrons. The van der Waals surface area contributed by atoms with Crippen molar-refractivity contribution in [1.82, 2.24) is 9.97 Å². The summed E-state index contributed by atoms with van der Waals surface area (Å²) >= 11 is 6.23. The van der Waals surface area contributed by atoms with Crippen LogP contribution in [0.4, 0.5) is 5.69 Å². The number of nitrogens with one attached hydrogen (secondary N) is 1. The minimum absolute atomic E-state index is 0.285. The van der Waals surface area contributed by atoms with Gasteiger partial charge in [-0.3, -0.25) is 14.8 Å². The molecule has 3 aromatic rings. The standard InChI is InChI=1S/C18H14ClN3O2/c1-12-3-2-8-21-17(12)18(23)22-13-4-5-16(15(19)11-13)24-14-6-9-20-10-7-14/h2-11H,1H3,(H,22,23). The average Bonchev–Trinajstić information content (AvgIpc) is 2.58. The molecular weight excluding hydrogens is 326 g/mol. The molecule has 5 nitrogen and oxygen atoms in total. The summed E-state index contributed by atoms with van der Waals surface area (Å²) in [6, 6.07) is 12.1. The quantitative estimate of drug-likeness (QED) is 0.761. The highest BCUT2D eigenvalue weighted by Crippen LogP contribution is 2.31. The molecule has 2 aromatic heterocycles. The van der Waals surface area contributed by atoms with Crippen molar-refractivity contribution in [2.75, 3.05) is 5.32 Å². The van der Waals surface area contributed by atoms with Gasteiger partial charge in [0.25, 0.3) is 5.91 Å². The Bertz CT molecular complexity index is 869. The number of carbonyl (C=O) groups is 1. The largest absolute Gasteiger partial charge is 0.456 e. The second-order valence-corrected chi connectivity index (χ2v) is 5.46. The average molecular weight is 340 g/mol. The number of hydrogen-bond acceptors (Lipinski definition) is 4. The van der Waals surface area contributed by atoms with E-state index in [1.807, 2.05) is 13.0 Å². The number of halogens is 1. The summed E-state index contributed by atoms with van der Waals surface area (Å²) in [7, 11) is 0. The van der Waals surface area contributed by atoms with Crippen LogP contribution in [0.15, 0.2) is 61.1 Å². The van der Waals surface area contributed by atoms with Gasteiger partial charge < -0.3 is 10.1 Å². The van der Waals surface area contributed by atoms with Gasteiger partial charge >= 0.3 is 0 Å². The van der Waals surface area contributed by atoms with Crippen molar-refractivity contribution in [3.63, 3.8) is 0 Å². The molecule has 0 fully saturated rings. The second-order valence-electron chi connectivity index (χ2n) is 5.05. The lowest BCUT2D eigenvalue weighted by Gasteiger charge is -2.10. The third-order valence-electron chi connectivity index (χ3n) is 3.29. The van der Waals surface area contributed by atoms with Gasteiger partial charge in [0.2, 0.25) is 0 Å². The van der Waals surface area contributed by atoms with Crippen LogP contribution in [0.2, 0.25) is 5.02 Å². The topological polar surface area (TPSA) is 64.1 Å². The molecule has 0 unspecified atom stereocenters. The van der Waals surface area contributed by atoms with Crippen LogP contribution in [0.25, 0.3) is 0 Å². The number of nitrogens with zero attached hydrogens (tertiary/aromatic N) is 2. The molecule has 0 spiro atoms. The van der Waals surface area contributed by atoms with Crippen LogP contribution in [-0.2, 0) is 0 Å². The zero-order chi connectivity index (χ0) is 16.9. The molecule has 1 N–H and O–H groups in total. The van der Waals surface area contributed by atoms with Crippen molar-refractivity contribution < 1.29 is 9.53 Å². The first-order valence-electron chi connectivity index (χ1n) is 7.24. The summed E-state index contributed by atoms with van der Waals surface area (Å²) in [6.45, 7) is 1.83. The van der Waals surface area contributed by atoms with Gasteiger partial charge in [-0.25, -0.2) is 0 Å². The van der Waals surface area contributed by atoms with Crippen molar-refractivity contribution >= 4 is 23.2 Å². The van der Waals surface area contributed by atoms with Gasteiger partial charge in [-0.15, -0.1) is 0 Å². The van der Waals surface area contributed by atoms with Gasteiger partial charge in [-0.1, -0.05) is 17.7 Å². The fraction of sp³-hybridized carbons (Fsp3) is 0.0556. The summed E-state index contributed by atoms with van der Waals surface area (Å²) in [5, 5.41) is 3.17. The normalized spacial score (nSPS) is 10.2. The minimum Gasteiger partial charge on any atom is -0.456 e. The van der Waals surface area contributed by atoms with E-state index in [2.05, 4.69) is 15.3 Å². The highest BCUT2D eigenvalue weighted by Gasteiger charge is 2.12. The van der Waals surface area contributed by atoms with Gasteiger partial charge in [0.15, 0.2) is 0 Å². The number of aryl methyl sites for hydroxylation is 1. The Morgan fingerprint density at radius 1 is 1.12 bits per heavy atom. The molecule has 0 saturated heterocycles. The summed E-state index contributed by atoms with van der Waals surface area (Å²) in [4.78, 5) is 20.3. The monoisotopic (exact) mass is 339 g/mol. The first kappa shape index (κ1) is 16.0. The third kappa shape index (κ3) is 3.70. The van der Waals surface area contributed by atoms with Gasteiger partial charge in [0, 0.05) is 24.3 Å². The number of aromatic nitrogens is 2. The fourth-order valence-electron chi connectivity index (χ4n) is 2.11. The Morgan fingerprint density at radius 3 is 2.62 bits per heavy atom. The molecule has 2 heterocycles. The zero-order valence-corrected chi connectivity index (χ0v) is 13.6. The maximum atomic E-state index is 12.3. The Kier molecular flexibility index (Phi) is 4.72. The third-order valence-corrected chi connectivity index (χ3v) is 3.59. The van der Waals surface area contributed by atoms with E-state index in [1.54, 1.807) is 55.0 Å². The maximum Gasteiger partial charge on any atom is 0.274 e. The number of pyridine rings is 2. The number of amides is 1. The molecular formula is C18H14ClN3O2. The van der Waals surface area contributed by atoms with E-state index in [9.17, 15) is 4.79 Å². The van der Waals surface area contributed by atoms with Gasteiger partial charge in [0.05, 0.1) is 5.02 Å². The van der Waals surface area contributed by atoms with E-state index >= 15 is 0 Å². The summed E-state index contributed by atoms with van der Waals surface area (Å²) in [5.74, 6) is 0.842. The number of carbonyl (C=O) groups excluding carboxylic acids is 1. The molecule has 0 bridgehead atoms. The van der Waals surface area contributed by atoms with Crippen LogP contribution in [0.1, 0.15) is 16.1 Å². The Hall–Kier alpha value is -2.92. The Balaban J connectivity index is 1.75. The molecule has 0 aliphatic carbocycles. The van der Waals surface area contributed by atoms with E-state index in [0.29, 0.717) is 27.9 Å². The number of rotatable bonds is 4. The van der Waals surface area contributed by atoms with E-state index in [-0.39, 0.29) is 5.91 Å². The molecule has 0 saturated carbocycles. The van der Waals surface area contributed by atoms with Crippen LogP contribution in [0, 0.1) is 6.92 Å². The lowest BCUT2D eigenvalue weighted by atomic mass is 10.2. The lowest BCUT2D eigenvalue weighted by Crippen LogP contribution is -2.15. The highest BCUT2D eigenvalue weighted by molar-refractivity contribution is 6.32. The van der Waals surface area contributed by atoms with E-state index in [4.69, 9.17) is 16.3 Å². The molecule has 120 valence electrons. The van der Waals surface area contributed by atoms with Crippen LogP contribution < -0.4 is 10.1 Å². The lowest BCUT2D eigenvalue weighted by molar-refractivity contribution is 0.102. The number of ether oxygens (including phenoxy) is 1. The van der Waals surface area contributed by atoms with Crippen LogP contribution in [0.5, 0.6) is 11.5 Å². The fourth-order valence-corrected chi connectivity index (χ4v) is 2.33. The molecule has 0 aliphatic heterocycles. The van der Waals surface area contributed by atoms with E-state index in [1.165, 1.54) is 0 Å². The van der Waals surface area contributed by atoms with Crippen molar-refractivity contribution in [2.45, 2.75) is 6.92 Å². The molecule has 0 aliphatic rings. The Labute approximate surface area is 144 Å². The molecule has 6 heteroatoms. The number of anilines is 1. The van der Waals surface area contributed by atoms with Gasteiger partial charge in [-0.05, 0) is 48.9 Å². The summed E-state index contributed by atoms with van der Waals surface area (Å²) in [6.07, 6.45) is 4.85. The number of hydrogen-bond donors (Lipinski definition) is 1. The van der Waals surface area contributed by atoms with Crippen LogP contribution in [0.3, 0.4) is 0 Å². The minimum atomic E-state index is -0.285. The molecule has 1 aromatic carbocycles. The van der Waals surface area contributed by atoms with Crippen molar-refractivity contribution in [1.29, 1.82) is 0 Å². The van der Waals surface area contributed by atoms with Crippen LogP contribution >= 0.6 is 11.6 Å².